The highest BCUT2D eigenvalue weighted by atomic mass is 16.5. The van der Waals surface area contributed by atoms with Crippen LogP contribution in [-0.4, -0.2) is 15.3 Å². The van der Waals surface area contributed by atoms with Crippen molar-refractivity contribution < 1.29 is 9.84 Å². The van der Waals surface area contributed by atoms with Gasteiger partial charge in [0, 0.05) is 11.3 Å². The summed E-state index contributed by atoms with van der Waals surface area (Å²) >= 11 is 0. The summed E-state index contributed by atoms with van der Waals surface area (Å²) in [5.74, 6) is 0.865. The van der Waals surface area contributed by atoms with Gasteiger partial charge in [0.2, 0.25) is 0 Å². The lowest BCUT2D eigenvalue weighted by atomic mass is 9.86. The Kier molecular flexibility index (Phi) is 4.14. The average Bonchev–Trinajstić information content (AvgIpc) is 2.76. The van der Waals surface area contributed by atoms with Gasteiger partial charge in [-0.05, 0) is 24.0 Å². The van der Waals surface area contributed by atoms with Gasteiger partial charge in [-0.15, -0.1) is 0 Å². The van der Waals surface area contributed by atoms with E-state index < -0.39 is 0 Å². The standard InChI is InChI=1S/C16H22N2O2/c1-11-12(9-19)14(18-17-11)10-20-15-8-6-5-7-13(15)16(2,3)4/h5-8,19H,9-10H2,1-4H3,(H,17,18). The predicted octanol–water partition coefficient (Wildman–Crippen LogP) is 3.09. The topological polar surface area (TPSA) is 58.1 Å². The van der Waals surface area contributed by atoms with Crippen LogP contribution in [0.3, 0.4) is 0 Å². The number of nitrogens with zero attached hydrogens (tertiary/aromatic N) is 1. The van der Waals surface area contributed by atoms with E-state index in [-0.39, 0.29) is 12.0 Å². The number of aromatic amines is 1. The number of hydrogen-bond acceptors (Lipinski definition) is 3. The van der Waals surface area contributed by atoms with Gasteiger partial charge in [0.05, 0.1) is 6.61 Å². The van der Waals surface area contributed by atoms with E-state index in [2.05, 4.69) is 37.0 Å². The molecule has 20 heavy (non-hydrogen) atoms. The first-order valence-corrected chi connectivity index (χ1v) is 6.79. The molecule has 0 saturated carbocycles. The number of nitrogens with one attached hydrogen (secondary N) is 1. The molecule has 4 heteroatoms. The smallest absolute Gasteiger partial charge is 0.132 e. The molecule has 2 rings (SSSR count). The maximum Gasteiger partial charge on any atom is 0.132 e. The zero-order valence-electron chi connectivity index (χ0n) is 12.5. The third kappa shape index (κ3) is 3.02. The van der Waals surface area contributed by atoms with Crippen LogP contribution in [0.2, 0.25) is 0 Å². The van der Waals surface area contributed by atoms with Gasteiger partial charge in [0.15, 0.2) is 0 Å². The van der Waals surface area contributed by atoms with Crippen molar-refractivity contribution in [2.45, 2.75) is 46.3 Å². The lowest BCUT2D eigenvalue weighted by Crippen LogP contribution is -2.13. The first-order valence-electron chi connectivity index (χ1n) is 6.79. The largest absolute Gasteiger partial charge is 0.487 e. The van der Waals surface area contributed by atoms with Crippen LogP contribution in [0.15, 0.2) is 24.3 Å². The van der Waals surface area contributed by atoms with Crippen molar-refractivity contribution >= 4 is 0 Å². The van der Waals surface area contributed by atoms with Gasteiger partial charge in [0.25, 0.3) is 0 Å². The molecule has 2 aromatic rings. The summed E-state index contributed by atoms with van der Waals surface area (Å²) in [6, 6.07) is 8.04. The first kappa shape index (κ1) is 14.6. The van der Waals surface area contributed by atoms with Crippen molar-refractivity contribution in [3.63, 3.8) is 0 Å². The summed E-state index contributed by atoms with van der Waals surface area (Å²) in [4.78, 5) is 0. The van der Waals surface area contributed by atoms with Crippen LogP contribution in [0, 0.1) is 6.92 Å². The second-order valence-corrected chi connectivity index (χ2v) is 5.97. The van der Waals surface area contributed by atoms with Gasteiger partial charge >= 0.3 is 0 Å². The molecular weight excluding hydrogens is 252 g/mol. The van der Waals surface area contributed by atoms with E-state index in [0.717, 1.165) is 28.3 Å². The third-order valence-electron chi connectivity index (χ3n) is 3.38. The minimum absolute atomic E-state index is 0.0257. The molecule has 0 aliphatic rings. The lowest BCUT2D eigenvalue weighted by Gasteiger charge is -2.22. The number of benzene rings is 1. The Morgan fingerprint density at radius 3 is 2.60 bits per heavy atom. The van der Waals surface area contributed by atoms with Crippen molar-refractivity contribution in [1.82, 2.24) is 10.2 Å². The predicted molar refractivity (Wildman–Crippen MR) is 78.7 cm³/mol. The number of rotatable bonds is 4. The Hall–Kier alpha value is -1.81. The van der Waals surface area contributed by atoms with Crippen LogP contribution in [-0.2, 0) is 18.6 Å². The molecule has 0 radical (unpaired) electrons. The molecule has 0 aliphatic carbocycles. The number of para-hydroxylation sites is 1. The van der Waals surface area contributed by atoms with Crippen molar-refractivity contribution in [2.75, 3.05) is 0 Å². The molecular formula is C16H22N2O2. The second kappa shape index (κ2) is 5.67. The summed E-state index contributed by atoms with van der Waals surface area (Å²) in [5.41, 5.74) is 3.65. The molecule has 0 aliphatic heterocycles. The highest BCUT2D eigenvalue weighted by Crippen LogP contribution is 2.31. The molecule has 0 amide bonds. The molecule has 4 nitrogen and oxygen atoms in total. The number of aliphatic hydroxyl groups is 1. The van der Waals surface area contributed by atoms with E-state index in [1.807, 2.05) is 25.1 Å². The minimum Gasteiger partial charge on any atom is -0.487 e. The normalized spacial score (nSPS) is 11.7. The zero-order chi connectivity index (χ0) is 14.8. The van der Waals surface area contributed by atoms with E-state index in [4.69, 9.17) is 4.74 Å². The maximum atomic E-state index is 9.35. The van der Waals surface area contributed by atoms with Crippen LogP contribution < -0.4 is 4.74 Å². The third-order valence-corrected chi connectivity index (χ3v) is 3.38. The lowest BCUT2D eigenvalue weighted by molar-refractivity contribution is 0.265. The Labute approximate surface area is 119 Å². The van der Waals surface area contributed by atoms with Crippen molar-refractivity contribution in [3.05, 3.63) is 46.8 Å². The number of hydrogen-bond donors (Lipinski definition) is 2. The van der Waals surface area contributed by atoms with Crippen molar-refractivity contribution in [2.24, 2.45) is 0 Å². The molecule has 1 aromatic carbocycles. The molecule has 0 unspecified atom stereocenters. The zero-order valence-corrected chi connectivity index (χ0v) is 12.5. The Morgan fingerprint density at radius 1 is 1.25 bits per heavy atom. The van der Waals surface area contributed by atoms with Crippen molar-refractivity contribution in [3.8, 4) is 5.75 Å². The van der Waals surface area contributed by atoms with Gasteiger partial charge < -0.3 is 9.84 Å². The van der Waals surface area contributed by atoms with Crippen LogP contribution in [0.4, 0.5) is 0 Å². The van der Waals surface area contributed by atoms with Crippen LogP contribution >= 0.6 is 0 Å². The number of aryl methyl sites for hydroxylation is 1. The van der Waals surface area contributed by atoms with Gasteiger partial charge in [0.1, 0.15) is 18.1 Å². The monoisotopic (exact) mass is 274 g/mol. The van der Waals surface area contributed by atoms with Crippen molar-refractivity contribution in [1.29, 1.82) is 0 Å². The van der Waals surface area contributed by atoms with E-state index >= 15 is 0 Å². The van der Waals surface area contributed by atoms with E-state index in [9.17, 15) is 5.11 Å². The molecule has 108 valence electrons. The number of ether oxygens (including phenoxy) is 1. The van der Waals surface area contributed by atoms with Gasteiger partial charge in [-0.2, -0.15) is 5.10 Å². The van der Waals surface area contributed by atoms with Crippen LogP contribution in [0.25, 0.3) is 0 Å². The number of aromatic nitrogens is 2. The average molecular weight is 274 g/mol. The Morgan fingerprint density at radius 2 is 1.95 bits per heavy atom. The minimum atomic E-state index is -0.0258. The highest BCUT2D eigenvalue weighted by molar-refractivity contribution is 5.38. The summed E-state index contributed by atoms with van der Waals surface area (Å²) in [7, 11) is 0. The van der Waals surface area contributed by atoms with Crippen LogP contribution in [0.1, 0.15) is 43.3 Å². The van der Waals surface area contributed by atoms with Crippen LogP contribution in [0.5, 0.6) is 5.75 Å². The summed E-state index contributed by atoms with van der Waals surface area (Å²) in [6.45, 7) is 8.70. The fourth-order valence-electron chi connectivity index (χ4n) is 2.19. The molecule has 2 N–H and O–H groups in total. The number of H-pyrrole nitrogens is 1. The fourth-order valence-corrected chi connectivity index (χ4v) is 2.19. The molecule has 0 fully saturated rings. The van der Waals surface area contributed by atoms with E-state index in [0.29, 0.717) is 6.61 Å². The Balaban J connectivity index is 2.19. The highest BCUT2D eigenvalue weighted by Gasteiger charge is 2.19. The quantitative estimate of drug-likeness (QED) is 0.900. The second-order valence-electron chi connectivity index (χ2n) is 5.97. The fraction of sp³-hybridized carbons (Fsp3) is 0.438. The molecule has 0 saturated heterocycles. The molecule has 0 spiro atoms. The SMILES string of the molecule is Cc1[nH]nc(COc2ccccc2C(C)(C)C)c1CO. The summed E-state index contributed by atoms with van der Waals surface area (Å²) < 4.78 is 5.91. The molecule has 1 heterocycles. The van der Waals surface area contributed by atoms with Gasteiger partial charge in [-0.3, -0.25) is 5.10 Å². The first-order chi connectivity index (χ1) is 9.43. The van der Waals surface area contributed by atoms with Gasteiger partial charge in [-0.1, -0.05) is 39.0 Å². The maximum absolute atomic E-state index is 9.35. The molecule has 1 aromatic heterocycles. The van der Waals surface area contributed by atoms with E-state index in [1.165, 1.54) is 0 Å². The van der Waals surface area contributed by atoms with E-state index in [1.54, 1.807) is 0 Å². The molecule has 0 bridgehead atoms. The summed E-state index contributed by atoms with van der Waals surface area (Å²) in [6.07, 6.45) is 0. The van der Waals surface area contributed by atoms with Gasteiger partial charge in [-0.25, -0.2) is 0 Å². The summed E-state index contributed by atoms with van der Waals surface area (Å²) in [5, 5.41) is 16.4. The Bertz CT molecular complexity index is 582. The molecule has 0 atom stereocenters. The number of aliphatic hydroxyl groups excluding tert-OH is 1.